The van der Waals surface area contributed by atoms with E-state index in [0.717, 1.165) is 24.3 Å². The number of nitrogens with one attached hydrogen (secondary N) is 1. The summed E-state index contributed by atoms with van der Waals surface area (Å²) in [5.41, 5.74) is 0.828. The molecule has 2 aromatic carbocycles. The molecule has 1 heterocycles. The van der Waals surface area contributed by atoms with Crippen molar-refractivity contribution in [1.29, 1.82) is 0 Å². The van der Waals surface area contributed by atoms with E-state index in [4.69, 9.17) is 0 Å². The monoisotopic (exact) mass is 408 g/mol. The SMILES string of the molecule is O=C(NCc1c(F)cccc1F)c1ccc(-c2ccc(OC(F)(F)F)cc2)nc1. The maximum atomic E-state index is 13.6. The van der Waals surface area contributed by atoms with E-state index < -0.39 is 23.9 Å². The minimum Gasteiger partial charge on any atom is -0.406 e. The smallest absolute Gasteiger partial charge is 0.406 e. The van der Waals surface area contributed by atoms with Gasteiger partial charge in [-0.25, -0.2) is 8.78 Å². The molecule has 29 heavy (non-hydrogen) atoms. The van der Waals surface area contributed by atoms with Gasteiger partial charge in [0.2, 0.25) is 0 Å². The van der Waals surface area contributed by atoms with Crippen molar-refractivity contribution < 1.29 is 31.5 Å². The molecule has 9 heteroatoms. The molecule has 1 aromatic heterocycles. The van der Waals surface area contributed by atoms with E-state index in [0.29, 0.717) is 11.3 Å². The first-order chi connectivity index (χ1) is 13.7. The van der Waals surface area contributed by atoms with Gasteiger partial charge in [0.1, 0.15) is 17.4 Å². The Morgan fingerprint density at radius 3 is 2.17 bits per heavy atom. The van der Waals surface area contributed by atoms with Crippen LogP contribution in [-0.4, -0.2) is 17.3 Å². The number of amides is 1. The molecule has 0 spiro atoms. The number of hydrogen-bond acceptors (Lipinski definition) is 3. The number of ether oxygens (including phenoxy) is 1. The first-order valence-corrected chi connectivity index (χ1v) is 8.26. The molecule has 0 aliphatic carbocycles. The number of carbonyl (C=O) groups excluding carboxylic acids is 1. The zero-order valence-electron chi connectivity index (χ0n) is 14.6. The topological polar surface area (TPSA) is 51.2 Å². The van der Waals surface area contributed by atoms with E-state index in [-0.39, 0.29) is 23.4 Å². The van der Waals surface area contributed by atoms with Gasteiger partial charge in [-0.15, -0.1) is 13.2 Å². The van der Waals surface area contributed by atoms with Gasteiger partial charge in [0.15, 0.2) is 0 Å². The predicted octanol–water partition coefficient (Wildman–Crippen LogP) is 4.86. The van der Waals surface area contributed by atoms with Crippen LogP contribution in [0.4, 0.5) is 22.0 Å². The second kappa shape index (κ2) is 8.26. The van der Waals surface area contributed by atoms with Gasteiger partial charge in [-0.05, 0) is 48.5 Å². The largest absolute Gasteiger partial charge is 0.573 e. The molecule has 0 saturated heterocycles. The van der Waals surface area contributed by atoms with Gasteiger partial charge in [0.25, 0.3) is 5.91 Å². The molecule has 3 rings (SSSR count). The molecule has 0 aliphatic heterocycles. The Morgan fingerprint density at radius 2 is 1.62 bits per heavy atom. The highest BCUT2D eigenvalue weighted by atomic mass is 19.4. The predicted molar refractivity (Wildman–Crippen MR) is 93.9 cm³/mol. The summed E-state index contributed by atoms with van der Waals surface area (Å²) >= 11 is 0. The molecule has 1 N–H and O–H groups in total. The van der Waals surface area contributed by atoms with Gasteiger partial charge < -0.3 is 10.1 Å². The van der Waals surface area contributed by atoms with Crippen LogP contribution < -0.4 is 10.1 Å². The number of aromatic nitrogens is 1. The van der Waals surface area contributed by atoms with E-state index >= 15 is 0 Å². The second-order valence-electron chi connectivity index (χ2n) is 5.89. The number of alkyl halides is 3. The average Bonchev–Trinajstić information content (AvgIpc) is 2.67. The van der Waals surface area contributed by atoms with Crippen molar-refractivity contribution in [2.24, 2.45) is 0 Å². The molecular weight excluding hydrogens is 395 g/mol. The lowest BCUT2D eigenvalue weighted by atomic mass is 10.1. The van der Waals surface area contributed by atoms with Gasteiger partial charge >= 0.3 is 6.36 Å². The van der Waals surface area contributed by atoms with Gasteiger partial charge in [-0.2, -0.15) is 0 Å². The van der Waals surface area contributed by atoms with Crippen LogP contribution in [0.25, 0.3) is 11.3 Å². The summed E-state index contributed by atoms with van der Waals surface area (Å²) in [5.74, 6) is -2.48. The average molecular weight is 408 g/mol. The molecule has 0 fully saturated rings. The number of benzene rings is 2. The number of pyridine rings is 1. The Morgan fingerprint density at radius 1 is 0.966 bits per heavy atom. The standard InChI is InChI=1S/C20H13F5N2O2/c21-16-2-1-3-17(22)15(16)11-27-19(28)13-6-9-18(26-10-13)12-4-7-14(8-5-12)29-20(23,24)25/h1-10H,11H2,(H,27,28). The maximum absolute atomic E-state index is 13.6. The Hall–Kier alpha value is -3.49. The Labute approximate surface area is 162 Å². The summed E-state index contributed by atoms with van der Waals surface area (Å²) in [5, 5.41) is 2.40. The lowest BCUT2D eigenvalue weighted by Gasteiger charge is -2.09. The molecule has 0 atom stereocenters. The Balaban J connectivity index is 1.66. The third-order valence-electron chi connectivity index (χ3n) is 3.90. The van der Waals surface area contributed by atoms with Gasteiger partial charge in [0.05, 0.1) is 11.3 Å². The van der Waals surface area contributed by atoms with E-state index in [1.165, 1.54) is 36.5 Å². The van der Waals surface area contributed by atoms with Crippen LogP contribution in [0.5, 0.6) is 5.75 Å². The highest BCUT2D eigenvalue weighted by Crippen LogP contribution is 2.25. The molecule has 0 radical (unpaired) electrons. The summed E-state index contributed by atoms with van der Waals surface area (Å²) in [4.78, 5) is 16.2. The molecule has 1 amide bonds. The van der Waals surface area contributed by atoms with Crippen LogP contribution in [0.2, 0.25) is 0 Å². The Bertz CT molecular complexity index is 983. The number of carbonyl (C=O) groups is 1. The van der Waals surface area contributed by atoms with E-state index in [2.05, 4.69) is 15.0 Å². The lowest BCUT2D eigenvalue weighted by Crippen LogP contribution is -2.24. The zero-order chi connectivity index (χ0) is 21.0. The second-order valence-corrected chi connectivity index (χ2v) is 5.89. The maximum Gasteiger partial charge on any atom is 0.573 e. The van der Waals surface area contributed by atoms with Gasteiger partial charge in [-0.3, -0.25) is 9.78 Å². The molecule has 0 aliphatic rings. The Kier molecular flexibility index (Phi) is 5.76. The van der Waals surface area contributed by atoms with Crippen molar-refractivity contribution in [3.63, 3.8) is 0 Å². The van der Waals surface area contributed by atoms with Gasteiger partial charge in [0, 0.05) is 23.9 Å². The van der Waals surface area contributed by atoms with Crippen molar-refractivity contribution in [2.75, 3.05) is 0 Å². The number of rotatable bonds is 5. The minimum absolute atomic E-state index is 0.155. The first-order valence-electron chi connectivity index (χ1n) is 8.26. The number of nitrogens with zero attached hydrogens (tertiary/aromatic N) is 1. The van der Waals surface area contributed by atoms with Crippen LogP contribution in [0.15, 0.2) is 60.8 Å². The van der Waals surface area contributed by atoms with Crippen LogP contribution in [0, 0.1) is 11.6 Å². The third kappa shape index (κ3) is 5.28. The summed E-state index contributed by atoms with van der Waals surface area (Å²) in [6.45, 7) is -0.334. The van der Waals surface area contributed by atoms with Crippen LogP contribution >= 0.6 is 0 Å². The highest BCUT2D eigenvalue weighted by molar-refractivity contribution is 5.94. The quantitative estimate of drug-likeness (QED) is 0.614. The summed E-state index contributed by atoms with van der Waals surface area (Å²) in [7, 11) is 0. The number of hydrogen-bond donors (Lipinski definition) is 1. The van der Waals surface area contributed by atoms with E-state index in [1.807, 2.05) is 0 Å². The number of halogens is 5. The first kappa shape index (κ1) is 20.2. The van der Waals surface area contributed by atoms with Gasteiger partial charge in [-0.1, -0.05) is 6.07 Å². The summed E-state index contributed by atoms with van der Waals surface area (Å²) < 4.78 is 67.5. The molecule has 0 bridgehead atoms. The van der Waals surface area contributed by atoms with Crippen molar-refractivity contribution in [2.45, 2.75) is 12.9 Å². The molecule has 0 unspecified atom stereocenters. The normalized spacial score (nSPS) is 11.2. The van der Waals surface area contributed by atoms with Crippen LogP contribution in [-0.2, 0) is 6.54 Å². The fourth-order valence-corrected chi connectivity index (χ4v) is 2.50. The minimum atomic E-state index is -4.78. The van der Waals surface area contributed by atoms with Crippen LogP contribution in [0.1, 0.15) is 15.9 Å². The lowest BCUT2D eigenvalue weighted by molar-refractivity contribution is -0.274. The van der Waals surface area contributed by atoms with Crippen molar-refractivity contribution in [1.82, 2.24) is 10.3 Å². The van der Waals surface area contributed by atoms with E-state index in [9.17, 15) is 26.7 Å². The zero-order valence-corrected chi connectivity index (χ0v) is 14.6. The fraction of sp³-hybridized carbons (Fsp3) is 0.100. The highest BCUT2D eigenvalue weighted by Gasteiger charge is 2.30. The fourth-order valence-electron chi connectivity index (χ4n) is 2.50. The third-order valence-corrected chi connectivity index (χ3v) is 3.90. The van der Waals surface area contributed by atoms with E-state index in [1.54, 1.807) is 0 Å². The molecule has 0 saturated carbocycles. The molecule has 150 valence electrons. The van der Waals surface area contributed by atoms with Crippen molar-refractivity contribution in [3.8, 4) is 17.0 Å². The molecule has 3 aromatic rings. The van der Waals surface area contributed by atoms with Crippen molar-refractivity contribution >= 4 is 5.91 Å². The van der Waals surface area contributed by atoms with Crippen LogP contribution in [0.3, 0.4) is 0 Å². The summed E-state index contributed by atoms with van der Waals surface area (Å²) in [6.07, 6.45) is -3.52. The van der Waals surface area contributed by atoms with Crippen molar-refractivity contribution in [3.05, 3.63) is 83.6 Å². The molecular formula is C20H13F5N2O2. The summed E-state index contributed by atoms with van der Waals surface area (Å²) in [6, 6.07) is 11.4. The molecule has 4 nitrogen and oxygen atoms in total.